The highest BCUT2D eigenvalue weighted by Gasteiger charge is 2.55. The molecule has 3 rings (SSSR count). The summed E-state index contributed by atoms with van der Waals surface area (Å²) in [4.78, 5) is 22.5. The van der Waals surface area contributed by atoms with Gasteiger partial charge in [-0.15, -0.1) is 0 Å². The van der Waals surface area contributed by atoms with E-state index >= 15 is 0 Å². The summed E-state index contributed by atoms with van der Waals surface area (Å²) < 4.78 is 94.2. The Morgan fingerprint density at radius 2 is 1.49 bits per heavy atom. The lowest BCUT2D eigenvalue weighted by molar-refractivity contribution is -0.192. The third-order valence-electron chi connectivity index (χ3n) is 6.33. The van der Waals surface area contributed by atoms with Gasteiger partial charge in [0, 0.05) is 24.1 Å². The number of carboxylic acids is 1. The van der Waals surface area contributed by atoms with Crippen molar-refractivity contribution in [2.75, 3.05) is 13.1 Å². The van der Waals surface area contributed by atoms with Gasteiger partial charge in [0.05, 0.1) is 18.3 Å². The van der Waals surface area contributed by atoms with Crippen LogP contribution >= 0.6 is 0 Å². The SMILES string of the molecule is CC(C)(C)OC(=O)N1CC2(CC(OCc3ccc(C(F)(F)F)cc3F)C2)C1.CCCCCCC.O=C(O)C(F)(F)F. The maximum Gasteiger partial charge on any atom is 0.490 e. The summed E-state index contributed by atoms with van der Waals surface area (Å²) in [6.45, 7) is 11.1. The summed E-state index contributed by atoms with van der Waals surface area (Å²) in [7, 11) is 0. The largest absolute Gasteiger partial charge is 0.490 e. The normalized spacial score (nSPS) is 16.4. The molecule has 1 saturated carbocycles. The number of carboxylic acid groups (broad SMARTS) is 1. The third-order valence-corrected chi connectivity index (χ3v) is 6.33. The second-order valence-electron chi connectivity index (χ2n) is 11.3. The molecule has 1 heterocycles. The predicted octanol–water partition coefficient (Wildman–Crippen LogP) is 8.37. The number of likely N-dealkylation sites (tertiary alicyclic amines) is 1. The van der Waals surface area contributed by atoms with Crippen LogP contribution in [-0.4, -0.2) is 53.0 Å². The monoisotopic (exact) mass is 603 g/mol. The summed E-state index contributed by atoms with van der Waals surface area (Å²) in [5, 5.41) is 7.12. The van der Waals surface area contributed by atoms with Crippen molar-refractivity contribution in [1.82, 2.24) is 4.90 Å². The Balaban J connectivity index is 0.000000497. The van der Waals surface area contributed by atoms with Crippen LogP contribution in [0.2, 0.25) is 0 Å². The fourth-order valence-corrected chi connectivity index (χ4v) is 4.23. The fraction of sp³-hybridized carbons (Fsp3) is 0.714. The Hall–Kier alpha value is -2.57. The Kier molecular flexibility index (Phi) is 13.4. The molecule has 1 amide bonds. The summed E-state index contributed by atoms with van der Waals surface area (Å²) in [6, 6.07) is 2.46. The third kappa shape index (κ3) is 12.9. The molecule has 0 radical (unpaired) electrons. The van der Waals surface area contributed by atoms with Crippen LogP contribution in [-0.2, 0) is 27.1 Å². The number of hydrogen-bond acceptors (Lipinski definition) is 4. The summed E-state index contributed by atoms with van der Waals surface area (Å²) >= 11 is 0. The van der Waals surface area contributed by atoms with E-state index in [1.165, 1.54) is 32.1 Å². The van der Waals surface area contributed by atoms with Crippen molar-refractivity contribution in [2.24, 2.45) is 5.41 Å². The Labute approximate surface area is 236 Å². The Morgan fingerprint density at radius 3 is 1.88 bits per heavy atom. The van der Waals surface area contributed by atoms with Gasteiger partial charge >= 0.3 is 24.4 Å². The van der Waals surface area contributed by atoms with Crippen LogP contribution in [0.3, 0.4) is 0 Å². The molecule has 1 aliphatic carbocycles. The minimum atomic E-state index is -5.08. The quantitative estimate of drug-likeness (QED) is 0.250. The van der Waals surface area contributed by atoms with Gasteiger partial charge in [0.15, 0.2) is 0 Å². The van der Waals surface area contributed by atoms with Crippen LogP contribution in [0.4, 0.5) is 35.5 Å². The minimum Gasteiger partial charge on any atom is -0.475 e. The average Bonchev–Trinajstić information content (AvgIpc) is 2.76. The van der Waals surface area contributed by atoms with E-state index in [0.717, 1.165) is 25.0 Å². The van der Waals surface area contributed by atoms with Crippen molar-refractivity contribution in [2.45, 2.75) is 110 Å². The maximum absolute atomic E-state index is 13.8. The van der Waals surface area contributed by atoms with Crippen molar-refractivity contribution in [3.63, 3.8) is 0 Å². The molecule has 1 N–H and O–H groups in total. The van der Waals surface area contributed by atoms with Crippen molar-refractivity contribution >= 4 is 12.1 Å². The predicted molar refractivity (Wildman–Crippen MR) is 138 cm³/mol. The highest BCUT2D eigenvalue weighted by atomic mass is 19.4. The van der Waals surface area contributed by atoms with Gasteiger partial charge < -0.3 is 19.5 Å². The molecule has 1 aliphatic heterocycles. The minimum absolute atomic E-state index is 0.0280. The van der Waals surface area contributed by atoms with Crippen molar-refractivity contribution in [3.8, 4) is 0 Å². The van der Waals surface area contributed by atoms with E-state index in [1.807, 2.05) is 20.8 Å². The lowest BCUT2D eigenvalue weighted by Gasteiger charge is -2.58. The van der Waals surface area contributed by atoms with E-state index in [0.29, 0.717) is 19.2 Å². The van der Waals surface area contributed by atoms with Crippen LogP contribution in [0.25, 0.3) is 0 Å². The molecule has 2 fully saturated rings. The number of amides is 1. The molecule has 2 aliphatic rings. The molecule has 1 saturated heterocycles. The molecule has 0 aromatic heterocycles. The summed E-state index contributed by atoms with van der Waals surface area (Å²) in [5.74, 6) is -3.67. The van der Waals surface area contributed by atoms with Crippen molar-refractivity contribution < 1.29 is 54.9 Å². The van der Waals surface area contributed by atoms with E-state index < -0.39 is 35.3 Å². The maximum atomic E-state index is 13.8. The number of benzene rings is 1. The number of carbonyl (C=O) groups excluding carboxylic acids is 1. The van der Waals surface area contributed by atoms with Crippen LogP contribution in [0.5, 0.6) is 0 Å². The van der Waals surface area contributed by atoms with Gasteiger partial charge in [-0.25, -0.2) is 14.0 Å². The van der Waals surface area contributed by atoms with Crippen molar-refractivity contribution in [1.29, 1.82) is 0 Å². The van der Waals surface area contributed by atoms with E-state index in [1.54, 1.807) is 4.90 Å². The zero-order valence-electron chi connectivity index (χ0n) is 24.1. The van der Waals surface area contributed by atoms with Gasteiger partial charge in [0.25, 0.3) is 0 Å². The smallest absolute Gasteiger partial charge is 0.475 e. The Bertz CT molecular complexity index is 972. The number of halogens is 7. The van der Waals surface area contributed by atoms with E-state index in [9.17, 15) is 35.5 Å². The first-order chi connectivity index (χ1) is 18.7. The number of hydrogen-bond donors (Lipinski definition) is 1. The number of rotatable bonds is 7. The Morgan fingerprint density at radius 1 is 0.976 bits per heavy atom. The standard InChI is InChI=1S/C19H23F4NO3.C7H16.C2HF3O2/c1-17(2,3)27-16(25)24-10-18(11-24)7-14(8-18)26-9-12-4-5-13(6-15(12)20)19(21,22)23;1-3-5-7-6-4-2;3-2(4,5)1(6)7/h4-6,14H,7-11H2,1-3H3;3-7H2,1-2H3;(H,6,7). The van der Waals surface area contributed by atoms with E-state index in [-0.39, 0.29) is 29.8 Å². The number of unbranched alkanes of at least 4 members (excludes halogenated alkanes) is 4. The average molecular weight is 604 g/mol. The molecule has 1 spiro atoms. The van der Waals surface area contributed by atoms with Crippen molar-refractivity contribution in [3.05, 3.63) is 35.1 Å². The fourth-order valence-electron chi connectivity index (χ4n) is 4.23. The molecule has 1 aromatic rings. The number of carbonyl (C=O) groups is 2. The molecule has 0 unspecified atom stereocenters. The topological polar surface area (TPSA) is 76.1 Å². The lowest BCUT2D eigenvalue weighted by Crippen LogP contribution is -2.65. The first-order valence-corrected chi connectivity index (χ1v) is 13.5. The van der Waals surface area contributed by atoms with Gasteiger partial charge in [0.2, 0.25) is 0 Å². The number of ether oxygens (including phenoxy) is 2. The zero-order chi connectivity index (χ0) is 31.6. The van der Waals surface area contributed by atoms with Crippen LogP contribution in [0.15, 0.2) is 18.2 Å². The zero-order valence-corrected chi connectivity index (χ0v) is 24.1. The highest BCUT2D eigenvalue weighted by molar-refractivity contribution is 5.73. The van der Waals surface area contributed by atoms with Crippen LogP contribution in [0, 0.1) is 11.2 Å². The van der Waals surface area contributed by atoms with Gasteiger partial charge in [-0.3, -0.25) is 0 Å². The first kappa shape index (κ1) is 36.5. The molecular formula is C28H40F7NO5. The number of aliphatic carboxylic acids is 1. The molecule has 41 heavy (non-hydrogen) atoms. The van der Waals surface area contributed by atoms with E-state index in [2.05, 4.69) is 13.8 Å². The van der Waals surface area contributed by atoms with Crippen LogP contribution < -0.4 is 0 Å². The second-order valence-corrected chi connectivity index (χ2v) is 11.3. The second kappa shape index (κ2) is 15.1. The molecule has 0 atom stereocenters. The van der Waals surface area contributed by atoms with Gasteiger partial charge in [0.1, 0.15) is 11.4 Å². The summed E-state index contributed by atoms with van der Waals surface area (Å²) in [6.07, 6.45) is -1.56. The molecule has 1 aromatic carbocycles. The van der Waals surface area contributed by atoms with Gasteiger partial charge in [-0.2, -0.15) is 26.3 Å². The lowest BCUT2D eigenvalue weighted by atomic mass is 9.62. The molecule has 6 nitrogen and oxygen atoms in total. The van der Waals surface area contributed by atoms with Gasteiger partial charge in [-0.1, -0.05) is 52.0 Å². The number of nitrogens with zero attached hydrogens (tertiary/aromatic N) is 1. The van der Waals surface area contributed by atoms with Crippen LogP contribution in [0.1, 0.15) is 90.7 Å². The first-order valence-electron chi connectivity index (χ1n) is 13.5. The molecule has 236 valence electrons. The number of alkyl halides is 6. The molecule has 0 bridgehead atoms. The summed E-state index contributed by atoms with van der Waals surface area (Å²) in [5.41, 5.74) is -1.41. The van der Waals surface area contributed by atoms with Gasteiger partial charge in [-0.05, 0) is 45.7 Å². The molecule has 13 heteroatoms. The molecular weight excluding hydrogens is 563 g/mol. The van der Waals surface area contributed by atoms with E-state index in [4.69, 9.17) is 19.4 Å². The highest BCUT2D eigenvalue weighted by Crippen LogP contribution is 2.50.